The maximum absolute atomic E-state index is 11.0. The van der Waals surface area contributed by atoms with Gasteiger partial charge in [-0.1, -0.05) is 92.8 Å². The summed E-state index contributed by atoms with van der Waals surface area (Å²) in [5, 5.41) is 83.8. The molecule has 0 radical (unpaired) electrons. The lowest BCUT2D eigenvalue weighted by Crippen LogP contribution is -2.27. The van der Waals surface area contributed by atoms with E-state index in [9.17, 15) is 40.9 Å². The number of hydrogen-bond donors (Lipinski definition) is 8. The van der Waals surface area contributed by atoms with Gasteiger partial charge >= 0.3 is 0 Å². The molecule has 51 heavy (non-hydrogen) atoms. The van der Waals surface area contributed by atoms with Crippen molar-refractivity contribution in [3.8, 4) is 46.0 Å². The number of phenols is 8. The molecular weight excluding hydrogens is 644 g/mol. The Morgan fingerprint density at radius 2 is 0.980 bits per heavy atom. The Balaban J connectivity index is 1.56. The summed E-state index contributed by atoms with van der Waals surface area (Å²) in [6.07, 6.45) is 6.32. The average Bonchev–Trinajstić information content (AvgIpc) is 3.04. The average molecular weight is 687 g/mol. The minimum atomic E-state index is -1.04. The van der Waals surface area contributed by atoms with Crippen molar-refractivity contribution in [2.75, 3.05) is 0 Å². The highest BCUT2D eigenvalue weighted by molar-refractivity contribution is 5.76. The Bertz CT molecular complexity index is 2060. The molecule has 5 aromatic rings. The fourth-order valence-electron chi connectivity index (χ4n) is 7.02. The summed E-state index contributed by atoms with van der Waals surface area (Å²) in [6, 6.07) is 25.1. The van der Waals surface area contributed by atoms with Gasteiger partial charge in [0.1, 0.15) is 46.0 Å². The lowest BCUT2D eigenvalue weighted by Gasteiger charge is -2.33. The van der Waals surface area contributed by atoms with Gasteiger partial charge in [-0.05, 0) is 60.7 Å². The highest BCUT2D eigenvalue weighted by Crippen LogP contribution is 2.48. The third-order valence-corrected chi connectivity index (χ3v) is 9.41. The van der Waals surface area contributed by atoms with E-state index in [-0.39, 0.29) is 52.4 Å². The zero-order chi connectivity index (χ0) is 37.1. The van der Waals surface area contributed by atoms with E-state index >= 15 is 0 Å². The van der Waals surface area contributed by atoms with Gasteiger partial charge in [0.15, 0.2) is 0 Å². The summed E-state index contributed by atoms with van der Waals surface area (Å²) in [6.45, 7) is 9.97. The van der Waals surface area contributed by atoms with Crippen LogP contribution in [0.3, 0.4) is 0 Å². The molecule has 8 nitrogen and oxygen atoms in total. The Kier molecular flexibility index (Phi) is 10.1. The first-order valence-electron chi connectivity index (χ1n) is 16.4. The summed E-state index contributed by atoms with van der Waals surface area (Å²) in [5.41, 5.74) is 2.98. The van der Waals surface area contributed by atoms with Gasteiger partial charge in [0, 0.05) is 57.3 Å². The van der Waals surface area contributed by atoms with Gasteiger partial charge in [-0.15, -0.1) is 0 Å². The van der Waals surface area contributed by atoms with Crippen LogP contribution in [0.1, 0.15) is 60.6 Å². The molecule has 0 amide bonds. The molecule has 0 saturated carbocycles. The molecule has 0 fully saturated rings. The molecule has 0 aliphatic rings. The van der Waals surface area contributed by atoms with Gasteiger partial charge in [0.05, 0.1) is 0 Å². The largest absolute Gasteiger partial charge is 0.508 e. The lowest BCUT2D eigenvalue weighted by molar-refractivity contribution is 0.411. The first-order chi connectivity index (χ1) is 24.1. The number of aromatic hydroxyl groups is 8. The Hall–Kier alpha value is -6.28. The molecular formula is C43H42O8. The molecule has 0 heterocycles. The van der Waals surface area contributed by atoms with Crippen molar-refractivity contribution < 1.29 is 40.9 Å². The highest BCUT2D eigenvalue weighted by Gasteiger charge is 2.36. The van der Waals surface area contributed by atoms with Crippen molar-refractivity contribution in [2.24, 2.45) is 0 Å². The summed E-state index contributed by atoms with van der Waals surface area (Å²) in [7, 11) is 0. The molecule has 8 heteroatoms. The molecule has 0 aromatic heterocycles. The van der Waals surface area contributed by atoms with E-state index in [1.165, 1.54) is 48.5 Å². The first kappa shape index (κ1) is 36.0. The van der Waals surface area contributed by atoms with Crippen LogP contribution in [0.2, 0.25) is 0 Å². The summed E-state index contributed by atoms with van der Waals surface area (Å²) < 4.78 is 0. The molecule has 0 bridgehead atoms. The lowest BCUT2D eigenvalue weighted by atomic mass is 9.70. The fourth-order valence-corrected chi connectivity index (χ4v) is 7.02. The summed E-state index contributed by atoms with van der Waals surface area (Å²) in [5.74, 6) is -1.04. The van der Waals surface area contributed by atoms with Crippen LogP contribution in [0.15, 0.2) is 127 Å². The SMILES string of the molecule is C=C(/C=C(\C=C/C)c1cccc(CC(C)(c2ccc(O)cc2O)c2ccc(O)cc2O)c1)CC(C)(c1ccc(O)cc1O)c1ccc(O)cc1O. The van der Waals surface area contributed by atoms with E-state index in [0.717, 1.165) is 16.7 Å². The Morgan fingerprint density at radius 3 is 1.37 bits per heavy atom. The number of benzene rings is 5. The number of phenolic OH excluding ortho intramolecular Hbond substituents is 8. The standard InChI is InChI=1S/C43H42O8/c1-5-7-28(18-26(2)24-42(3,34-14-10-30(44)20-38(34)48)35-15-11-31(45)21-39(35)49)29-9-6-8-27(19-29)25-43(4,36-16-12-32(46)22-40(36)50)37-17-13-33(47)23-41(37)51/h5-23,44-51H,2,24-25H2,1,3-4H3/b7-5-,28-18+. The van der Waals surface area contributed by atoms with Crippen molar-refractivity contribution >= 4 is 5.57 Å². The third kappa shape index (κ3) is 7.50. The van der Waals surface area contributed by atoms with Gasteiger partial charge < -0.3 is 40.9 Å². The summed E-state index contributed by atoms with van der Waals surface area (Å²) in [4.78, 5) is 0. The zero-order valence-electron chi connectivity index (χ0n) is 28.7. The molecule has 5 aromatic carbocycles. The molecule has 5 rings (SSSR count). The van der Waals surface area contributed by atoms with Crippen LogP contribution in [-0.2, 0) is 17.3 Å². The minimum Gasteiger partial charge on any atom is -0.508 e. The van der Waals surface area contributed by atoms with Gasteiger partial charge in [0.2, 0.25) is 0 Å². The zero-order valence-corrected chi connectivity index (χ0v) is 28.7. The van der Waals surface area contributed by atoms with Crippen molar-refractivity contribution in [1.29, 1.82) is 0 Å². The number of hydrogen-bond acceptors (Lipinski definition) is 8. The fraction of sp³-hybridized carbons (Fsp3) is 0.163. The minimum absolute atomic E-state index is 0.103. The first-order valence-corrected chi connectivity index (χ1v) is 16.4. The van der Waals surface area contributed by atoms with Crippen molar-refractivity contribution in [2.45, 2.75) is 44.4 Å². The van der Waals surface area contributed by atoms with Crippen molar-refractivity contribution in [3.05, 3.63) is 161 Å². The topological polar surface area (TPSA) is 162 Å². The van der Waals surface area contributed by atoms with Crippen LogP contribution < -0.4 is 0 Å². The maximum Gasteiger partial charge on any atom is 0.123 e. The Morgan fingerprint density at radius 1 is 0.569 bits per heavy atom. The van der Waals surface area contributed by atoms with E-state index in [1.54, 1.807) is 24.3 Å². The summed E-state index contributed by atoms with van der Waals surface area (Å²) >= 11 is 0. The second-order valence-corrected chi connectivity index (χ2v) is 13.3. The Labute approximate surface area is 297 Å². The predicted octanol–water partition coefficient (Wildman–Crippen LogP) is 8.79. The second-order valence-electron chi connectivity index (χ2n) is 13.3. The van der Waals surface area contributed by atoms with E-state index in [0.29, 0.717) is 34.2 Å². The third-order valence-electron chi connectivity index (χ3n) is 9.41. The monoisotopic (exact) mass is 686 g/mol. The van der Waals surface area contributed by atoms with Crippen LogP contribution in [0.4, 0.5) is 0 Å². The molecule has 0 unspecified atom stereocenters. The van der Waals surface area contributed by atoms with Crippen LogP contribution in [-0.4, -0.2) is 40.9 Å². The predicted molar refractivity (Wildman–Crippen MR) is 199 cm³/mol. The molecule has 0 saturated heterocycles. The van der Waals surface area contributed by atoms with Crippen LogP contribution >= 0.6 is 0 Å². The normalized spacial score (nSPS) is 12.3. The van der Waals surface area contributed by atoms with E-state index in [2.05, 4.69) is 6.58 Å². The number of allylic oxidation sites excluding steroid dienone is 5. The smallest absolute Gasteiger partial charge is 0.123 e. The maximum atomic E-state index is 11.0. The molecule has 262 valence electrons. The van der Waals surface area contributed by atoms with Gasteiger partial charge in [-0.3, -0.25) is 0 Å². The van der Waals surface area contributed by atoms with E-state index in [1.807, 2.05) is 63.3 Å². The highest BCUT2D eigenvalue weighted by atomic mass is 16.3. The molecule has 0 spiro atoms. The molecule has 0 atom stereocenters. The van der Waals surface area contributed by atoms with Gasteiger partial charge in [-0.25, -0.2) is 0 Å². The molecule has 0 aliphatic carbocycles. The quantitative estimate of drug-likeness (QED) is 0.0640. The second kappa shape index (κ2) is 14.3. The van der Waals surface area contributed by atoms with Crippen molar-refractivity contribution in [1.82, 2.24) is 0 Å². The van der Waals surface area contributed by atoms with E-state index < -0.39 is 10.8 Å². The number of rotatable bonds is 11. The van der Waals surface area contributed by atoms with Crippen LogP contribution in [0.25, 0.3) is 5.57 Å². The van der Waals surface area contributed by atoms with Crippen molar-refractivity contribution in [3.63, 3.8) is 0 Å². The van der Waals surface area contributed by atoms with Crippen LogP contribution in [0.5, 0.6) is 46.0 Å². The van der Waals surface area contributed by atoms with Crippen LogP contribution in [0, 0.1) is 0 Å². The van der Waals surface area contributed by atoms with Gasteiger partial charge in [0.25, 0.3) is 0 Å². The molecule has 0 aliphatic heterocycles. The van der Waals surface area contributed by atoms with Gasteiger partial charge in [-0.2, -0.15) is 0 Å². The molecule has 8 N–H and O–H groups in total. The van der Waals surface area contributed by atoms with E-state index in [4.69, 9.17) is 0 Å².